The van der Waals surface area contributed by atoms with Crippen molar-refractivity contribution in [2.24, 2.45) is 11.5 Å². The molecule has 0 saturated heterocycles. The Morgan fingerprint density at radius 3 is 1.38 bits per heavy atom. The fourth-order valence-electron chi connectivity index (χ4n) is 0.0962. The molecule has 0 spiro atoms. The zero-order valence-corrected chi connectivity index (χ0v) is 6.73. The predicted octanol–water partition coefficient (Wildman–Crippen LogP) is 0.355. The fraction of sp³-hybridized carbons (Fsp3) is 1.00. The van der Waals surface area contributed by atoms with Crippen LogP contribution in [-0.4, -0.2) is 18.5 Å². The molecule has 0 aromatic heterocycles. The van der Waals surface area contributed by atoms with Gasteiger partial charge < -0.3 is 11.5 Å². The number of hydrogen-bond donors (Lipinski definition) is 2. The van der Waals surface area contributed by atoms with Gasteiger partial charge in [0.25, 0.3) is 0 Å². The van der Waals surface area contributed by atoms with Crippen LogP contribution in [0.15, 0.2) is 0 Å². The second-order valence-electron chi connectivity index (χ2n) is 1.07. The molecule has 0 rings (SSSR count). The molecule has 0 radical (unpaired) electrons. The van der Waals surface area contributed by atoms with Crippen molar-refractivity contribution in [3.05, 3.63) is 0 Å². The molecule has 0 aromatic carbocycles. The molecule has 0 fully saturated rings. The molecule has 0 aliphatic heterocycles. The minimum absolute atomic E-state index is 0. The maximum Gasteiger partial charge on any atom is 0.0580 e. The van der Waals surface area contributed by atoms with E-state index in [0.29, 0.717) is 13.1 Å². The van der Waals surface area contributed by atoms with Crippen molar-refractivity contribution in [1.29, 1.82) is 0 Å². The van der Waals surface area contributed by atoms with Crippen molar-refractivity contribution < 1.29 is 0 Å². The molecular formula is C3H11Cl3N2. The van der Waals surface area contributed by atoms with Gasteiger partial charge in [0.05, 0.1) is 5.38 Å². The molecule has 5 heteroatoms. The summed E-state index contributed by atoms with van der Waals surface area (Å²) in [5.41, 5.74) is 10.1. The van der Waals surface area contributed by atoms with Gasteiger partial charge in [-0.2, -0.15) is 0 Å². The van der Waals surface area contributed by atoms with E-state index in [2.05, 4.69) is 0 Å². The number of hydrogen-bond acceptors (Lipinski definition) is 2. The summed E-state index contributed by atoms with van der Waals surface area (Å²) in [7, 11) is 0. The summed E-state index contributed by atoms with van der Waals surface area (Å²) in [6.45, 7) is 0.941. The van der Waals surface area contributed by atoms with Crippen LogP contribution >= 0.6 is 36.4 Å². The summed E-state index contributed by atoms with van der Waals surface area (Å²) >= 11 is 5.40. The third-order valence-electron chi connectivity index (χ3n) is 0.512. The highest BCUT2D eigenvalue weighted by atomic mass is 35.5. The van der Waals surface area contributed by atoms with Crippen LogP contribution in [-0.2, 0) is 0 Å². The van der Waals surface area contributed by atoms with Crippen molar-refractivity contribution >= 4 is 36.4 Å². The number of nitrogens with two attached hydrogens (primary N) is 2. The zero-order chi connectivity index (χ0) is 4.99. The maximum atomic E-state index is 5.40. The van der Waals surface area contributed by atoms with Gasteiger partial charge in [-0.15, -0.1) is 36.4 Å². The number of rotatable bonds is 2. The lowest BCUT2D eigenvalue weighted by atomic mass is 10.4. The monoisotopic (exact) mass is 180 g/mol. The third-order valence-corrected chi connectivity index (χ3v) is 0.868. The lowest BCUT2D eigenvalue weighted by Gasteiger charge is -1.96. The van der Waals surface area contributed by atoms with Crippen LogP contribution in [0.5, 0.6) is 0 Å². The summed E-state index contributed by atoms with van der Waals surface area (Å²) < 4.78 is 0. The second kappa shape index (κ2) is 10.7. The highest BCUT2D eigenvalue weighted by molar-refractivity contribution is 6.20. The lowest BCUT2D eigenvalue weighted by molar-refractivity contribution is 0.853. The van der Waals surface area contributed by atoms with E-state index in [9.17, 15) is 0 Å². The topological polar surface area (TPSA) is 52.0 Å². The van der Waals surface area contributed by atoms with Crippen molar-refractivity contribution in [3.8, 4) is 0 Å². The van der Waals surface area contributed by atoms with Gasteiger partial charge in [-0.25, -0.2) is 0 Å². The molecule has 8 heavy (non-hydrogen) atoms. The minimum atomic E-state index is -0.0370. The van der Waals surface area contributed by atoms with E-state index in [1.165, 1.54) is 0 Å². The first-order valence-corrected chi connectivity index (χ1v) is 2.29. The first kappa shape index (κ1) is 15.9. The SMILES string of the molecule is Cl.Cl.NCC(Cl)CN. The van der Waals surface area contributed by atoms with Gasteiger partial charge in [-0.1, -0.05) is 0 Å². The van der Waals surface area contributed by atoms with Crippen LogP contribution < -0.4 is 11.5 Å². The zero-order valence-electron chi connectivity index (χ0n) is 4.34. The average Bonchev–Trinajstić information content (AvgIpc) is 1.65. The Hall–Kier alpha value is 0.790. The first-order chi connectivity index (χ1) is 2.81. The molecule has 0 aliphatic rings. The molecule has 0 unspecified atom stereocenters. The van der Waals surface area contributed by atoms with Gasteiger partial charge in [0.2, 0.25) is 0 Å². The van der Waals surface area contributed by atoms with E-state index in [-0.39, 0.29) is 30.2 Å². The Bertz CT molecular complexity index is 31.7. The summed E-state index contributed by atoms with van der Waals surface area (Å²) in [6.07, 6.45) is 0. The smallest absolute Gasteiger partial charge is 0.0580 e. The third kappa shape index (κ3) is 9.92. The molecule has 0 saturated carbocycles. The van der Waals surface area contributed by atoms with E-state index in [0.717, 1.165) is 0 Å². The van der Waals surface area contributed by atoms with E-state index < -0.39 is 0 Å². The molecule has 0 atom stereocenters. The summed E-state index contributed by atoms with van der Waals surface area (Å²) in [6, 6.07) is 0. The fourth-order valence-corrected chi connectivity index (χ4v) is 0.0962. The summed E-state index contributed by atoms with van der Waals surface area (Å²) in [4.78, 5) is 0. The average molecular weight is 181 g/mol. The van der Waals surface area contributed by atoms with Gasteiger partial charge in [0.15, 0.2) is 0 Å². The maximum absolute atomic E-state index is 5.40. The Morgan fingerprint density at radius 2 is 1.38 bits per heavy atom. The normalized spacial score (nSPS) is 7.50. The summed E-state index contributed by atoms with van der Waals surface area (Å²) in [5, 5.41) is -0.0370. The van der Waals surface area contributed by atoms with Crippen molar-refractivity contribution in [3.63, 3.8) is 0 Å². The molecule has 54 valence electrons. The Morgan fingerprint density at radius 1 is 1.12 bits per heavy atom. The first-order valence-electron chi connectivity index (χ1n) is 1.85. The van der Waals surface area contributed by atoms with Crippen LogP contribution in [0.4, 0.5) is 0 Å². The Labute approximate surface area is 66.8 Å². The van der Waals surface area contributed by atoms with Crippen LogP contribution in [0, 0.1) is 0 Å². The molecule has 0 aliphatic carbocycles. The molecule has 0 amide bonds. The van der Waals surface area contributed by atoms with Gasteiger partial charge >= 0.3 is 0 Å². The van der Waals surface area contributed by atoms with Gasteiger partial charge in [-0.3, -0.25) is 0 Å². The second-order valence-corrected chi connectivity index (χ2v) is 1.69. The molecule has 4 N–H and O–H groups in total. The Kier molecular flexibility index (Phi) is 21.3. The number of alkyl halides is 1. The van der Waals surface area contributed by atoms with Crippen LogP contribution in [0.25, 0.3) is 0 Å². The quantitative estimate of drug-likeness (QED) is 0.604. The number of halogens is 3. The van der Waals surface area contributed by atoms with Crippen molar-refractivity contribution in [2.45, 2.75) is 5.38 Å². The van der Waals surface area contributed by atoms with Gasteiger partial charge in [-0.05, 0) is 0 Å². The predicted molar refractivity (Wildman–Crippen MR) is 42.2 cm³/mol. The van der Waals surface area contributed by atoms with E-state index in [4.69, 9.17) is 23.1 Å². The van der Waals surface area contributed by atoms with Crippen LogP contribution in [0.3, 0.4) is 0 Å². The molecule has 0 heterocycles. The van der Waals surface area contributed by atoms with E-state index in [1.807, 2.05) is 0 Å². The largest absolute Gasteiger partial charge is 0.329 e. The van der Waals surface area contributed by atoms with Crippen molar-refractivity contribution in [2.75, 3.05) is 13.1 Å². The standard InChI is InChI=1S/C3H9ClN2.2ClH/c4-3(1-5)2-6;;/h3H,1-2,5-6H2;2*1H. The van der Waals surface area contributed by atoms with Crippen molar-refractivity contribution in [1.82, 2.24) is 0 Å². The van der Waals surface area contributed by atoms with E-state index in [1.54, 1.807) is 0 Å². The molecular weight excluding hydrogens is 170 g/mol. The van der Waals surface area contributed by atoms with Gasteiger partial charge in [0.1, 0.15) is 0 Å². The molecule has 2 nitrogen and oxygen atoms in total. The van der Waals surface area contributed by atoms with E-state index >= 15 is 0 Å². The molecule has 0 bridgehead atoms. The Balaban J connectivity index is -0.000000125. The summed E-state index contributed by atoms with van der Waals surface area (Å²) in [5.74, 6) is 0. The lowest BCUT2D eigenvalue weighted by Crippen LogP contribution is -2.22. The van der Waals surface area contributed by atoms with Crippen LogP contribution in [0.2, 0.25) is 0 Å². The highest BCUT2D eigenvalue weighted by Crippen LogP contribution is 1.84. The van der Waals surface area contributed by atoms with Gasteiger partial charge in [0, 0.05) is 13.1 Å². The minimum Gasteiger partial charge on any atom is -0.329 e. The highest BCUT2D eigenvalue weighted by Gasteiger charge is 1.92. The van der Waals surface area contributed by atoms with Crippen LogP contribution in [0.1, 0.15) is 0 Å². The molecule has 0 aromatic rings.